The van der Waals surface area contributed by atoms with E-state index in [1.807, 2.05) is 18.2 Å². The van der Waals surface area contributed by atoms with Crippen molar-refractivity contribution < 1.29 is 13.9 Å². The molecule has 0 atom stereocenters. The zero-order valence-corrected chi connectivity index (χ0v) is 15.8. The third-order valence-corrected chi connectivity index (χ3v) is 4.19. The van der Waals surface area contributed by atoms with E-state index in [2.05, 4.69) is 20.7 Å². The second-order valence-corrected chi connectivity index (χ2v) is 6.26. The number of methoxy groups -OCH3 is 1. The van der Waals surface area contributed by atoms with Gasteiger partial charge >= 0.3 is 0 Å². The average molecular weight is 395 g/mol. The molecule has 2 N–H and O–H groups in total. The molecular weight excluding hydrogens is 376 g/mol. The molecule has 26 heavy (non-hydrogen) atoms. The van der Waals surface area contributed by atoms with Crippen LogP contribution in [0.5, 0.6) is 5.75 Å². The number of hydrogen-bond donors (Lipinski definition) is 2. The van der Waals surface area contributed by atoms with Gasteiger partial charge in [0.15, 0.2) is 11.0 Å². The van der Waals surface area contributed by atoms with Crippen LogP contribution in [0, 0.1) is 0 Å². The molecule has 7 nitrogen and oxygen atoms in total. The largest absolute Gasteiger partial charge is 0.495 e. The molecule has 0 spiro atoms. The Balaban J connectivity index is 1.51. The van der Waals surface area contributed by atoms with Gasteiger partial charge in [0, 0.05) is 24.8 Å². The molecule has 1 aromatic heterocycles. The summed E-state index contributed by atoms with van der Waals surface area (Å²) in [5.74, 6) is 2.04. The molecule has 0 saturated carbocycles. The predicted octanol–water partition coefficient (Wildman–Crippen LogP) is 3.10. The molecule has 9 heteroatoms. The van der Waals surface area contributed by atoms with Crippen molar-refractivity contribution in [3.8, 4) is 5.75 Å². The Hall–Kier alpha value is -2.29. The van der Waals surface area contributed by atoms with Crippen molar-refractivity contribution in [1.82, 2.24) is 5.43 Å². The molecular formula is C17H19ClN4O3S. The predicted molar refractivity (Wildman–Crippen MR) is 107 cm³/mol. The van der Waals surface area contributed by atoms with Crippen molar-refractivity contribution in [2.75, 3.05) is 43.6 Å². The Bertz CT molecular complexity index is 790. The van der Waals surface area contributed by atoms with Gasteiger partial charge in [-0.05, 0) is 36.5 Å². The van der Waals surface area contributed by atoms with E-state index in [1.54, 1.807) is 25.5 Å². The summed E-state index contributed by atoms with van der Waals surface area (Å²) in [5, 5.41) is 7.90. The fraction of sp³-hybridized carbons (Fsp3) is 0.294. The average Bonchev–Trinajstić information content (AvgIpc) is 3.11. The number of anilines is 2. The van der Waals surface area contributed by atoms with Crippen LogP contribution >= 0.6 is 23.8 Å². The highest BCUT2D eigenvalue weighted by Crippen LogP contribution is 2.27. The Morgan fingerprint density at radius 3 is 2.85 bits per heavy atom. The molecule has 138 valence electrons. The summed E-state index contributed by atoms with van der Waals surface area (Å²) in [7, 11) is 1.56. The fourth-order valence-electron chi connectivity index (χ4n) is 2.42. The number of ether oxygens (including phenoxy) is 2. The Morgan fingerprint density at radius 2 is 2.12 bits per heavy atom. The number of nitrogens with zero attached hydrogens (tertiary/aromatic N) is 2. The lowest BCUT2D eigenvalue weighted by Crippen LogP contribution is -2.35. The van der Waals surface area contributed by atoms with Crippen LogP contribution < -0.4 is 20.4 Å². The lowest BCUT2D eigenvalue weighted by atomic mass is 10.3. The van der Waals surface area contributed by atoms with Crippen LogP contribution in [0.3, 0.4) is 0 Å². The quantitative estimate of drug-likeness (QED) is 0.458. The minimum atomic E-state index is 0.336. The lowest BCUT2D eigenvalue weighted by molar-refractivity contribution is 0.120. The smallest absolute Gasteiger partial charge is 0.196 e. The molecule has 0 bridgehead atoms. The van der Waals surface area contributed by atoms with E-state index >= 15 is 0 Å². The van der Waals surface area contributed by atoms with Gasteiger partial charge in [-0.2, -0.15) is 5.10 Å². The molecule has 1 aromatic carbocycles. The van der Waals surface area contributed by atoms with Gasteiger partial charge in [0.25, 0.3) is 0 Å². The minimum Gasteiger partial charge on any atom is -0.495 e. The zero-order chi connectivity index (χ0) is 18.4. The highest BCUT2D eigenvalue weighted by atomic mass is 35.5. The highest BCUT2D eigenvalue weighted by molar-refractivity contribution is 7.80. The first-order valence-corrected chi connectivity index (χ1v) is 8.80. The van der Waals surface area contributed by atoms with Gasteiger partial charge in [0.05, 0.1) is 31.6 Å². The summed E-state index contributed by atoms with van der Waals surface area (Å²) in [6.07, 6.45) is 1.57. The van der Waals surface area contributed by atoms with Gasteiger partial charge < -0.3 is 24.1 Å². The summed E-state index contributed by atoms with van der Waals surface area (Å²) < 4.78 is 16.2. The van der Waals surface area contributed by atoms with E-state index in [0.717, 1.165) is 24.7 Å². The van der Waals surface area contributed by atoms with Crippen molar-refractivity contribution in [2.24, 2.45) is 5.10 Å². The zero-order valence-electron chi connectivity index (χ0n) is 14.2. The van der Waals surface area contributed by atoms with Gasteiger partial charge in [-0.1, -0.05) is 11.6 Å². The molecule has 1 fully saturated rings. The van der Waals surface area contributed by atoms with Crippen LogP contribution in [-0.2, 0) is 4.74 Å². The van der Waals surface area contributed by atoms with Crippen LogP contribution in [0.25, 0.3) is 0 Å². The molecule has 0 radical (unpaired) electrons. The van der Waals surface area contributed by atoms with Gasteiger partial charge in [0.2, 0.25) is 0 Å². The minimum absolute atomic E-state index is 0.336. The third-order valence-electron chi connectivity index (χ3n) is 3.70. The maximum atomic E-state index is 6.08. The van der Waals surface area contributed by atoms with Crippen molar-refractivity contribution in [1.29, 1.82) is 0 Å². The van der Waals surface area contributed by atoms with E-state index in [9.17, 15) is 0 Å². The summed E-state index contributed by atoms with van der Waals surface area (Å²) in [6, 6.07) is 9.06. The van der Waals surface area contributed by atoms with Gasteiger partial charge in [0.1, 0.15) is 11.5 Å². The maximum absolute atomic E-state index is 6.08. The second-order valence-electron chi connectivity index (χ2n) is 5.45. The molecule has 0 unspecified atom stereocenters. The monoisotopic (exact) mass is 394 g/mol. The number of rotatable bonds is 5. The van der Waals surface area contributed by atoms with E-state index < -0.39 is 0 Å². The van der Waals surface area contributed by atoms with Crippen LogP contribution in [0.15, 0.2) is 39.9 Å². The van der Waals surface area contributed by atoms with E-state index in [4.69, 9.17) is 37.7 Å². The van der Waals surface area contributed by atoms with Crippen molar-refractivity contribution >= 4 is 46.7 Å². The van der Waals surface area contributed by atoms with E-state index in [0.29, 0.717) is 34.9 Å². The number of benzene rings is 1. The molecule has 0 amide bonds. The standard InChI is InChI=1S/C17H19ClN4O3S/c1-23-15-4-2-12(10-14(15)18)20-17(26)21-19-11-13-3-5-16(25-13)22-6-8-24-9-7-22/h2-5,10-11H,6-9H2,1H3,(H2,20,21,26). The Morgan fingerprint density at radius 1 is 1.31 bits per heavy atom. The molecule has 2 heterocycles. The number of furan rings is 1. The maximum Gasteiger partial charge on any atom is 0.196 e. The van der Waals surface area contributed by atoms with Crippen molar-refractivity contribution in [3.05, 3.63) is 41.1 Å². The fourth-order valence-corrected chi connectivity index (χ4v) is 2.85. The number of hydrogen-bond acceptors (Lipinski definition) is 6. The number of morpholine rings is 1. The van der Waals surface area contributed by atoms with Crippen LogP contribution in [0.2, 0.25) is 5.02 Å². The van der Waals surface area contributed by atoms with Gasteiger partial charge in [-0.25, -0.2) is 0 Å². The number of nitrogens with one attached hydrogen (secondary N) is 2. The first kappa shape index (κ1) is 18.5. The van der Waals surface area contributed by atoms with Crippen LogP contribution in [-0.4, -0.2) is 44.7 Å². The normalized spacial score (nSPS) is 14.5. The highest BCUT2D eigenvalue weighted by Gasteiger charge is 2.14. The van der Waals surface area contributed by atoms with Gasteiger partial charge in [-0.3, -0.25) is 5.43 Å². The first-order chi connectivity index (χ1) is 12.7. The molecule has 3 rings (SSSR count). The number of thiocarbonyl (C=S) groups is 1. The summed E-state index contributed by atoms with van der Waals surface area (Å²) in [5.41, 5.74) is 3.47. The number of halogens is 1. The summed E-state index contributed by atoms with van der Waals surface area (Å²) in [4.78, 5) is 2.13. The molecule has 1 aliphatic heterocycles. The SMILES string of the molecule is COc1ccc(NC(=S)NN=Cc2ccc(N3CCOCC3)o2)cc1Cl. The third kappa shape index (κ3) is 4.87. The second kappa shape index (κ2) is 8.88. The Labute approximate surface area is 161 Å². The van der Waals surface area contributed by atoms with Crippen molar-refractivity contribution in [2.45, 2.75) is 0 Å². The Kier molecular flexibility index (Phi) is 6.32. The molecule has 1 saturated heterocycles. The molecule has 0 aliphatic carbocycles. The summed E-state index contributed by atoms with van der Waals surface area (Å²) >= 11 is 11.3. The van der Waals surface area contributed by atoms with Crippen LogP contribution in [0.1, 0.15) is 5.76 Å². The van der Waals surface area contributed by atoms with E-state index in [-0.39, 0.29) is 0 Å². The molecule has 1 aliphatic rings. The first-order valence-electron chi connectivity index (χ1n) is 8.02. The van der Waals surface area contributed by atoms with Crippen molar-refractivity contribution in [3.63, 3.8) is 0 Å². The van der Waals surface area contributed by atoms with Crippen LogP contribution in [0.4, 0.5) is 11.6 Å². The number of hydrazone groups is 1. The topological polar surface area (TPSA) is 71.3 Å². The summed E-state index contributed by atoms with van der Waals surface area (Å²) in [6.45, 7) is 3.06. The van der Waals surface area contributed by atoms with Gasteiger partial charge in [-0.15, -0.1) is 0 Å². The van der Waals surface area contributed by atoms with E-state index in [1.165, 1.54) is 0 Å². The lowest BCUT2D eigenvalue weighted by Gasteiger charge is -2.26. The molecule has 2 aromatic rings.